The normalized spacial score (nSPS) is 32.3. The lowest BCUT2D eigenvalue weighted by Gasteiger charge is -2.34. The van der Waals surface area contributed by atoms with E-state index >= 15 is 0 Å². The Bertz CT molecular complexity index is 784. The average Bonchev–Trinajstić information content (AvgIpc) is 3.20. The van der Waals surface area contributed by atoms with Crippen LogP contribution in [0.25, 0.3) is 11.0 Å². The Labute approximate surface area is 156 Å². The van der Waals surface area contributed by atoms with Crippen LogP contribution in [0.5, 0.6) is 0 Å². The number of morpholine rings is 1. The lowest BCUT2D eigenvalue weighted by Crippen LogP contribution is -2.48. The minimum absolute atomic E-state index is 0.0936. The first-order valence-electron chi connectivity index (χ1n) is 9.21. The maximum atomic E-state index is 10.6. The summed E-state index contributed by atoms with van der Waals surface area (Å²) in [7, 11) is 0. The molecular formula is C17H26N6O4. The van der Waals surface area contributed by atoms with Crippen molar-refractivity contribution in [1.29, 1.82) is 0 Å². The third-order valence-corrected chi connectivity index (χ3v) is 5.30. The molecule has 0 spiro atoms. The molecule has 10 nitrogen and oxygen atoms in total. The molecule has 4 rings (SSSR count). The molecular weight excluding hydrogens is 352 g/mol. The molecule has 1 unspecified atom stereocenters. The van der Waals surface area contributed by atoms with Crippen LogP contribution in [0.15, 0.2) is 18.6 Å². The van der Waals surface area contributed by atoms with E-state index in [0.717, 1.165) is 19.5 Å². The molecule has 5 atom stereocenters. The van der Waals surface area contributed by atoms with E-state index in [-0.39, 0.29) is 6.10 Å². The molecule has 6 N–H and O–H groups in total. The van der Waals surface area contributed by atoms with E-state index in [9.17, 15) is 10.2 Å². The second-order valence-electron chi connectivity index (χ2n) is 7.10. The van der Waals surface area contributed by atoms with Crippen LogP contribution in [0.1, 0.15) is 12.6 Å². The fraction of sp³-hybridized carbons (Fsp3) is 0.647. The quantitative estimate of drug-likeness (QED) is 0.498. The van der Waals surface area contributed by atoms with E-state index in [1.165, 1.54) is 6.33 Å². The summed E-state index contributed by atoms with van der Waals surface area (Å²) < 4.78 is 13.4. The van der Waals surface area contributed by atoms with Crippen molar-refractivity contribution in [1.82, 2.24) is 19.4 Å². The lowest BCUT2D eigenvalue weighted by atomic mass is 10.1. The number of aromatic nitrogens is 3. The van der Waals surface area contributed by atoms with Gasteiger partial charge in [-0.05, 0) is 19.0 Å². The van der Waals surface area contributed by atoms with Crippen molar-refractivity contribution in [3.05, 3.63) is 18.6 Å². The number of nitrogens with two attached hydrogens (primary N) is 2. The Balaban J connectivity index is 1.48. The zero-order valence-corrected chi connectivity index (χ0v) is 15.0. The van der Waals surface area contributed by atoms with Crippen molar-refractivity contribution in [2.45, 2.75) is 37.1 Å². The van der Waals surface area contributed by atoms with Crippen molar-refractivity contribution in [3.63, 3.8) is 0 Å². The molecule has 0 bridgehead atoms. The number of rotatable bonds is 5. The zero-order valence-electron chi connectivity index (χ0n) is 15.0. The van der Waals surface area contributed by atoms with Crippen molar-refractivity contribution in [2.75, 3.05) is 38.5 Å². The van der Waals surface area contributed by atoms with E-state index in [1.807, 2.05) is 0 Å². The van der Waals surface area contributed by atoms with Crippen molar-refractivity contribution >= 4 is 16.9 Å². The molecule has 0 saturated carbocycles. The third kappa shape index (κ3) is 3.51. The van der Waals surface area contributed by atoms with Gasteiger partial charge in [-0.3, -0.25) is 4.90 Å². The minimum atomic E-state index is -1.07. The summed E-state index contributed by atoms with van der Waals surface area (Å²) in [5.74, 6) is 0.364. The minimum Gasteiger partial charge on any atom is -0.387 e. The van der Waals surface area contributed by atoms with E-state index in [4.69, 9.17) is 20.9 Å². The average molecular weight is 378 g/mol. The summed E-state index contributed by atoms with van der Waals surface area (Å²) in [4.78, 5) is 10.4. The molecule has 27 heavy (non-hydrogen) atoms. The SMILES string of the molecule is NCCC1CN(C[C@H]2O[C@@H](n3ccc4c(N)ncnc43)[C@H](O)[C@@H]2O)CCO1. The molecule has 2 fully saturated rings. The Morgan fingerprint density at radius 2 is 2.11 bits per heavy atom. The number of hydrogen-bond donors (Lipinski definition) is 4. The van der Waals surface area contributed by atoms with Crippen LogP contribution in [0.4, 0.5) is 5.82 Å². The molecule has 0 aliphatic carbocycles. The van der Waals surface area contributed by atoms with Gasteiger partial charge in [-0.15, -0.1) is 0 Å². The van der Waals surface area contributed by atoms with Gasteiger partial charge in [-0.25, -0.2) is 9.97 Å². The summed E-state index contributed by atoms with van der Waals surface area (Å²) >= 11 is 0. The summed E-state index contributed by atoms with van der Waals surface area (Å²) in [5, 5.41) is 21.8. The Kier molecular flexibility index (Phi) is 5.26. The van der Waals surface area contributed by atoms with Gasteiger partial charge in [-0.1, -0.05) is 0 Å². The van der Waals surface area contributed by atoms with Gasteiger partial charge in [0.15, 0.2) is 6.23 Å². The van der Waals surface area contributed by atoms with Gasteiger partial charge in [0, 0.05) is 25.8 Å². The number of ether oxygens (including phenoxy) is 2. The van der Waals surface area contributed by atoms with Gasteiger partial charge in [0.25, 0.3) is 0 Å². The highest BCUT2D eigenvalue weighted by Crippen LogP contribution is 2.33. The molecule has 148 valence electrons. The molecule has 2 saturated heterocycles. The Morgan fingerprint density at radius 1 is 1.26 bits per heavy atom. The first-order valence-corrected chi connectivity index (χ1v) is 9.21. The predicted octanol–water partition coefficient (Wildman–Crippen LogP) is -1.32. The number of aliphatic hydroxyl groups is 2. The smallest absolute Gasteiger partial charge is 0.164 e. The van der Waals surface area contributed by atoms with Crippen LogP contribution in [0, 0.1) is 0 Å². The number of hydrogen-bond acceptors (Lipinski definition) is 9. The Hall–Kier alpha value is -1.82. The van der Waals surface area contributed by atoms with Gasteiger partial charge in [0.1, 0.15) is 36.1 Å². The summed E-state index contributed by atoms with van der Waals surface area (Å²) in [6.45, 7) is 3.20. The zero-order chi connectivity index (χ0) is 19.0. The fourth-order valence-electron chi connectivity index (χ4n) is 3.87. The van der Waals surface area contributed by atoms with Crippen LogP contribution in [0.2, 0.25) is 0 Å². The first kappa shape index (κ1) is 18.5. The van der Waals surface area contributed by atoms with E-state index in [2.05, 4.69) is 14.9 Å². The summed E-state index contributed by atoms with van der Waals surface area (Å²) in [6.07, 6.45) is 0.684. The van der Waals surface area contributed by atoms with Crippen LogP contribution < -0.4 is 11.5 Å². The molecule has 4 heterocycles. The van der Waals surface area contributed by atoms with E-state index in [1.54, 1.807) is 16.8 Å². The highest BCUT2D eigenvalue weighted by atomic mass is 16.6. The van der Waals surface area contributed by atoms with E-state index in [0.29, 0.717) is 36.5 Å². The number of fused-ring (bicyclic) bond motifs is 1. The van der Waals surface area contributed by atoms with Gasteiger partial charge >= 0.3 is 0 Å². The number of anilines is 1. The summed E-state index contributed by atoms with van der Waals surface area (Å²) in [5.41, 5.74) is 12.1. The molecule has 2 aromatic rings. The topological polar surface area (TPSA) is 145 Å². The molecule has 0 radical (unpaired) electrons. The van der Waals surface area contributed by atoms with Crippen LogP contribution in [-0.4, -0.2) is 86.8 Å². The van der Waals surface area contributed by atoms with E-state index < -0.39 is 24.5 Å². The highest BCUT2D eigenvalue weighted by molar-refractivity contribution is 5.86. The highest BCUT2D eigenvalue weighted by Gasteiger charge is 2.45. The van der Waals surface area contributed by atoms with Gasteiger partial charge < -0.3 is 35.7 Å². The molecule has 10 heteroatoms. The number of nitrogen functional groups attached to an aromatic ring is 1. The second-order valence-corrected chi connectivity index (χ2v) is 7.10. The second kappa shape index (κ2) is 7.66. The Morgan fingerprint density at radius 3 is 2.93 bits per heavy atom. The first-order chi connectivity index (χ1) is 13.1. The molecule has 2 aliphatic rings. The molecule has 2 aromatic heterocycles. The monoisotopic (exact) mass is 378 g/mol. The van der Waals surface area contributed by atoms with Gasteiger partial charge in [-0.2, -0.15) is 0 Å². The van der Waals surface area contributed by atoms with Crippen LogP contribution in [-0.2, 0) is 9.47 Å². The number of aliphatic hydroxyl groups excluding tert-OH is 2. The largest absolute Gasteiger partial charge is 0.387 e. The van der Waals surface area contributed by atoms with Crippen LogP contribution in [0.3, 0.4) is 0 Å². The molecule has 2 aliphatic heterocycles. The predicted molar refractivity (Wildman–Crippen MR) is 97.7 cm³/mol. The maximum absolute atomic E-state index is 10.6. The van der Waals surface area contributed by atoms with Crippen molar-refractivity contribution < 1.29 is 19.7 Å². The van der Waals surface area contributed by atoms with Crippen LogP contribution >= 0.6 is 0 Å². The lowest BCUT2D eigenvalue weighted by molar-refractivity contribution is -0.0726. The van der Waals surface area contributed by atoms with Gasteiger partial charge in [0.05, 0.1) is 18.1 Å². The third-order valence-electron chi connectivity index (χ3n) is 5.30. The summed E-state index contributed by atoms with van der Waals surface area (Å²) in [6, 6.07) is 1.78. The standard InChI is InChI=1S/C17H26N6O4/c18-3-1-10-7-22(5-6-26-10)8-12-13(24)14(25)17(27-12)23-4-2-11-15(19)20-9-21-16(11)23/h2,4,9-10,12-14,17,24-25H,1,3,5-8,18H2,(H2,19,20,21)/t10?,12-,13-,14-,17-/m1/s1. The number of nitrogens with zero attached hydrogens (tertiary/aromatic N) is 4. The van der Waals surface area contributed by atoms with Crippen molar-refractivity contribution in [2.24, 2.45) is 5.73 Å². The maximum Gasteiger partial charge on any atom is 0.164 e. The van der Waals surface area contributed by atoms with Gasteiger partial charge in [0.2, 0.25) is 0 Å². The molecule has 0 amide bonds. The molecule has 0 aromatic carbocycles. The van der Waals surface area contributed by atoms with Crippen molar-refractivity contribution in [3.8, 4) is 0 Å². The fourth-order valence-corrected chi connectivity index (χ4v) is 3.87.